The van der Waals surface area contributed by atoms with Gasteiger partial charge in [-0.3, -0.25) is 19.3 Å². The number of nitrogens with one attached hydrogen (secondary N) is 1. The molecule has 7 nitrogen and oxygen atoms in total. The zero-order valence-electron chi connectivity index (χ0n) is 16.2. The molecule has 152 valence electrons. The van der Waals surface area contributed by atoms with Crippen LogP contribution in [0.15, 0.2) is 53.4 Å². The first-order valence-corrected chi connectivity index (χ1v) is 10.2. The predicted octanol–water partition coefficient (Wildman–Crippen LogP) is 3.09. The van der Waals surface area contributed by atoms with E-state index in [1.165, 1.54) is 23.6 Å². The summed E-state index contributed by atoms with van der Waals surface area (Å²) < 4.78 is 10.6. The summed E-state index contributed by atoms with van der Waals surface area (Å²) in [5, 5.41) is 2.69. The molecule has 0 aromatic heterocycles. The topological polar surface area (TPSA) is 84.9 Å². The fourth-order valence-corrected chi connectivity index (χ4v) is 3.73. The second-order valence-corrected chi connectivity index (χ2v) is 7.33. The average Bonchev–Trinajstić information content (AvgIpc) is 2.71. The molecule has 2 aromatic carbocycles. The van der Waals surface area contributed by atoms with E-state index in [1.54, 1.807) is 30.3 Å². The lowest BCUT2D eigenvalue weighted by Gasteiger charge is -2.28. The number of rotatable bonds is 7. The van der Waals surface area contributed by atoms with Gasteiger partial charge >= 0.3 is 5.97 Å². The number of amides is 2. The minimum atomic E-state index is -1.00. The molecule has 2 amide bonds. The SMILES string of the molecule is CCOc1ccc(NC(=O)[C@H](C)OC(=O)CN2C(=O)CSc3ccccc32)cc1. The molecule has 0 fully saturated rings. The molecule has 1 N–H and O–H groups in total. The maximum absolute atomic E-state index is 12.3. The van der Waals surface area contributed by atoms with Crippen LogP contribution in [0.5, 0.6) is 5.75 Å². The molecule has 0 radical (unpaired) electrons. The largest absolute Gasteiger partial charge is 0.494 e. The van der Waals surface area contributed by atoms with Crippen LogP contribution >= 0.6 is 11.8 Å². The summed E-state index contributed by atoms with van der Waals surface area (Å²) in [4.78, 5) is 39.2. The van der Waals surface area contributed by atoms with Gasteiger partial charge in [-0.25, -0.2) is 0 Å². The Labute approximate surface area is 173 Å². The summed E-state index contributed by atoms with van der Waals surface area (Å²) in [6, 6.07) is 14.3. The Morgan fingerprint density at radius 2 is 1.90 bits per heavy atom. The van der Waals surface area contributed by atoms with Gasteiger partial charge < -0.3 is 14.8 Å². The van der Waals surface area contributed by atoms with Gasteiger partial charge in [0.1, 0.15) is 12.3 Å². The highest BCUT2D eigenvalue weighted by molar-refractivity contribution is 8.00. The number of thioether (sulfide) groups is 1. The van der Waals surface area contributed by atoms with Gasteiger partial charge in [0.2, 0.25) is 5.91 Å². The van der Waals surface area contributed by atoms with Crippen molar-refractivity contribution in [3.05, 3.63) is 48.5 Å². The summed E-state index contributed by atoms with van der Waals surface area (Å²) in [5.41, 5.74) is 1.25. The number of esters is 1. The molecule has 0 saturated carbocycles. The summed E-state index contributed by atoms with van der Waals surface area (Å²) in [6.07, 6.45) is -1.00. The molecular formula is C21H22N2O5S. The number of fused-ring (bicyclic) bond motifs is 1. The lowest BCUT2D eigenvalue weighted by Crippen LogP contribution is -2.41. The summed E-state index contributed by atoms with van der Waals surface area (Å²) >= 11 is 1.44. The van der Waals surface area contributed by atoms with E-state index in [0.29, 0.717) is 23.7 Å². The molecule has 1 heterocycles. The molecule has 0 unspecified atom stereocenters. The van der Waals surface area contributed by atoms with Crippen LogP contribution in [0.1, 0.15) is 13.8 Å². The van der Waals surface area contributed by atoms with Crippen LogP contribution in [-0.2, 0) is 19.1 Å². The molecule has 1 aliphatic heterocycles. The Bertz CT molecular complexity index is 900. The number of carbonyl (C=O) groups is 3. The molecule has 29 heavy (non-hydrogen) atoms. The van der Waals surface area contributed by atoms with E-state index in [-0.39, 0.29) is 18.2 Å². The number of benzene rings is 2. The minimum absolute atomic E-state index is 0.169. The summed E-state index contributed by atoms with van der Waals surface area (Å²) in [7, 11) is 0. The fourth-order valence-electron chi connectivity index (χ4n) is 2.79. The first-order valence-electron chi connectivity index (χ1n) is 9.23. The highest BCUT2D eigenvalue weighted by atomic mass is 32.2. The molecule has 8 heteroatoms. The minimum Gasteiger partial charge on any atom is -0.494 e. The summed E-state index contributed by atoms with van der Waals surface area (Å²) in [5.74, 6) is -0.303. The van der Waals surface area contributed by atoms with Crippen molar-refractivity contribution in [1.82, 2.24) is 0 Å². The molecule has 1 atom stereocenters. The van der Waals surface area contributed by atoms with Gasteiger partial charge in [0, 0.05) is 10.6 Å². The number of anilines is 2. The summed E-state index contributed by atoms with van der Waals surface area (Å²) in [6.45, 7) is 3.70. The number of nitrogens with zero attached hydrogens (tertiary/aromatic N) is 1. The highest BCUT2D eigenvalue weighted by Crippen LogP contribution is 2.34. The van der Waals surface area contributed by atoms with Gasteiger partial charge in [0.25, 0.3) is 5.91 Å². The Balaban J connectivity index is 1.56. The van der Waals surface area contributed by atoms with E-state index in [9.17, 15) is 14.4 Å². The zero-order chi connectivity index (χ0) is 20.8. The van der Waals surface area contributed by atoms with E-state index in [1.807, 2.05) is 25.1 Å². The van der Waals surface area contributed by atoms with E-state index >= 15 is 0 Å². The second kappa shape index (κ2) is 9.47. The van der Waals surface area contributed by atoms with Gasteiger partial charge in [-0.15, -0.1) is 11.8 Å². The number of ether oxygens (including phenoxy) is 2. The number of para-hydroxylation sites is 1. The van der Waals surface area contributed by atoms with Crippen molar-refractivity contribution in [2.24, 2.45) is 0 Å². The Kier molecular flexibility index (Phi) is 6.77. The van der Waals surface area contributed by atoms with Crippen LogP contribution in [0.3, 0.4) is 0 Å². The fraction of sp³-hybridized carbons (Fsp3) is 0.286. The maximum Gasteiger partial charge on any atom is 0.326 e. The van der Waals surface area contributed by atoms with Gasteiger partial charge in [-0.1, -0.05) is 12.1 Å². The predicted molar refractivity (Wildman–Crippen MR) is 111 cm³/mol. The second-order valence-electron chi connectivity index (χ2n) is 6.32. The van der Waals surface area contributed by atoms with Gasteiger partial charge in [-0.05, 0) is 50.2 Å². The third kappa shape index (κ3) is 5.29. The van der Waals surface area contributed by atoms with Crippen LogP contribution in [-0.4, -0.2) is 42.8 Å². The Hall–Kier alpha value is -3.00. The number of carbonyl (C=O) groups excluding carboxylic acids is 3. The lowest BCUT2D eigenvalue weighted by atomic mass is 10.2. The third-order valence-electron chi connectivity index (χ3n) is 4.21. The van der Waals surface area contributed by atoms with Crippen molar-refractivity contribution in [2.75, 3.05) is 29.1 Å². The molecular weight excluding hydrogens is 392 g/mol. The van der Waals surface area contributed by atoms with Crippen LogP contribution in [0.25, 0.3) is 0 Å². The van der Waals surface area contributed by atoms with Gasteiger partial charge in [-0.2, -0.15) is 0 Å². The smallest absolute Gasteiger partial charge is 0.326 e. The van der Waals surface area contributed by atoms with Crippen LogP contribution < -0.4 is 15.0 Å². The molecule has 3 rings (SSSR count). The van der Waals surface area contributed by atoms with Crippen molar-refractivity contribution in [1.29, 1.82) is 0 Å². The first-order chi connectivity index (χ1) is 14.0. The third-order valence-corrected chi connectivity index (χ3v) is 5.25. The van der Waals surface area contributed by atoms with Crippen molar-refractivity contribution >= 4 is 40.9 Å². The van der Waals surface area contributed by atoms with E-state index in [2.05, 4.69) is 5.32 Å². The molecule has 0 spiro atoms. The standard InChI is InChI=1S/C21H22N2O5S/c1-3-27-16-10-8-15(9-11-16)22-21(26)14(2)28-20(25)12-23-17-6-4-5-7-18(17)29-13-19(23)24/h4-11,14H,3,12-13H2,1-2H3,(H,22,26)/t14-/m0/s1. The molecule has 1 aliphatic rings. The zero-order valence-corrected chi connectivity index (χ0v) is 17.0. The van der Waals surface area contributed by atoms with Crippen molar-refractivity contribution in [3.63, 3.8) is 0 Å². The lowest BCUT2D eigenvalue weighted by molar-refractivity contribution is -0.152. The Morgan fingerprint density at radius 3 is 2.62 bits per heavy atom. The van der Waals surface area contributed by atoms with Crippen molar-refractivity contribution in [3.8, 4) is 5.75 Å². The molecule has 2 aromatic rings. The Morgan fingerprint density at radius 1 is 1.17 bits per heavy atom. The van der Waals surface area contributed by atoms with Crippen LogP contribution in [0.2, 0.25) is 0 Å². The molecule has 0 bridgehead atoms. The van der Waals surface area contributed by atoms with Crippen molar-refractivity contribution in [2.45, 2.75) is 24.8 Å². The van der Waals surface area contributed by atoms with Crippen LogP contribution in [0.4, 0.5) is 11.4 Å². The van der Waals surface area contributed by atoms with E-state index in [4.69, 9.17) is 9.47 Å². The quantitative estimate of drug-likeness (QED) is 0.701. The van der Waals surface area contributed by atoms with E-state index in [0.717, 1.165) is 4.90 Å². The number of hydrogen-bond donors (Lipinski definition) is 1. The molecule has 0 aliphatic carbocycles. The van der Waals surface area contributed by atoms with Crippen molar-refractivity contribution < 1.29 is 23.9 Å². The van der Waals surface area contributed by atoms with Gasteiger partial charge in [0.15, 0.2) is 6.10 Å². The average molecular weight is 414 g/mol. The normalized spacial score (nSPS) is 14.0. The monoisotopic (exact) mass is 414 g/mol. The maximum atomic E-state index is 12.3. The van der Waals surface area contributed by atoms with Crippen LogP contribution in [0, 0.1) is 0 Å². The molecule has 0 saturated heterocycles. The number of hydrogen-bond acceptors (Lipinski definition) is 6. The highest BCUT2D eigenvalue weighted by Gasteiger charge is 2.28. The van der Waals surface area contributed by atoms with Gasteiger partial charge in [0.05, 0.1) is 18.0 Å². The first kappa shape index (κ1) is 20.7. The van der Waals surface area contributed by atoms with E-state index < -0.39 is 18.0 Å².